The van der Waals surface area contributed by atoms with Crippen molar-refractivity contribution in [1.82, 2.24) is 30.2 Å². The van der Waals surface area contributed by atoms with Crippen molar-refractivity contribution < 1.29 is 18.8 Å². The van der Waals surface area contributed by atoms with Crippen LogP contribution in [0.5, 0.6) is 0 Å². The maximum atomic E-state index is 13.0. The Balaban J connectivity index is 1.50. The van der Waals surface area contributed by atoms with Gasteiger partial charge in [-0.25, -0.2) is 9.48 Å². The van der Waals surface area contributed by atoms with Crippen LogP contribution in [0, 0.1) is 12.8 Å². The third-order valence-electron chi connectivity index (χ3n) is 5.46. The topological polar surface area (TPSA) is 125 Å². The van der Waals surface area contributed by atoms with E-state index in [0.29, 0.717) is 40.8 Å². The number of hydrogen-bond donors (Lipinski definition) is 1. The molecule has 3 heterocycles. The van der Waals surface area contributed by atoms with Gasteiger partial charge < -0.3 is 14.6 Å². The fourth-order valence-corrected chi connectivity index (χ4v) is 3.55. The van der Waals surface area contributed by atoms with Gasteiger partial charge in [0.2, 0.25) is 11.7 Å². The van der Waals surface area contributed by atoms with E-state index in [9.17, 15) is 9.59 Å². The quantitative estimate of drug-likeness (QED) is 0.381. The normalized spacial score (nSPS) is 11.9. The molecule has 1 atom stereocenters. The standard InChI is InChI=1S/C25H26N6O4/c1-5-34-25(33)20-14-27-31(16(20)4)19-10-8-17(9-11-19)23(32)28-21(15(2)3)24-29-22(30-35-24)18-7-6-12-26-13-18/h6-15,21H,5H2,1-4H3,(H,28,32). The monoisotopic (exact) mass is 474 g/mol. The third kappa shape index (κ3) is 5.11. The van der Waals surface area contributed by atoms with Gasteiger partial charge in [0.1, 0.15) is 11.6 Å². The van der Waals surface area contributed by atoms with Crippen molar-refractivity contribution in [1.29, 1.82) is 0 Å². The highest BCUT2D eigenvalue weighted by molar-refractivity contribution is 5.94. The number of amides is 1. The van der Waals surface area contributed by atoms with Gasteiger partial charge in [-0.05, 0) is 56.2 Å². The molecular weight excluding hydrogens is 448 g/mol. The van der Waals surface area contributed by atoms with Crippen LogP contribution in [0.1, 0.15) is 59.1 Å². The van der Waals surface area contributed by atoms with Crippen molar-refractivity contribution in [2.45, 2.75) is 33.7 Å². The summed E-state index contributed by atoms with van der Waals surface area (Å²) < 4.78 is 12.1. The number of carbonyl (C=O) groups excluding carboxylic acids is 2. The van der Waals surface area contributed by atoms with E-state index in [1.807, 2.05) is 19.9 Å². The summed E-state index contributed by atoms with van der Waals surface area (Å²) in [7, 11) is 0. The molecule has 0 aliphatic rings. The molecule has 180 valence electrons. The van der Waals surface area contributed by atoms with Crippen LogP contribution in [-0.4, -0.2) is 43.4 Å². The van der Waals surface area contributed by atoms with Gasteiger partial charge in [0.25, 0.3) is 5.91 Å². The van der Waals surface area contributed by atoms with Crippen molar-refractivity contribution in [2.75, 3.05) is 6.61 Å². The minimum Gasteiger partial charge on any atom is -0.462 e. The van der Waals surface area contributed by atoms with Gasteiger partial charge in [0.05, 0.1) is 24.2 Å². The van der Waals surface area contributed by atoms with Crippen LogP contribution in [0.3, 0.4) is 0 Å². The van der Waals surface area contributed by atoms with Crippen molar-refractivity contribution in [3.8, 4) is 17.1 Å². The molecule has 0 bridgehead atoms. The number of aromatic nitrogens is 5. The average Bonchev–Trinajstić information content (AvgIpc) is 3.50. The molecule has 4 rings (SSSR count). The van der Waals surface area contributed by atoms with E-state index in [0.717, 1.165) is 5.56 Å². The fourth-order valence-electron chi connectivity index (χ4n) is 3.55. The highest BCUT2D eigenvalue weighted by Crippen LogP contribution is 2.24. The van der Waals surface area contributed by atoms with Crippen LogP contribution in [0.2, 0.25) is 0 Å². The van der Waals surface area contributed by atoms with E-state index in [1.54, 1.807) is 61.3 Å². The van der Waals surface area contributed by atoms with Gasteiger partial charge in [-0.1, -0.05) is 19.0 Å². The predicted molar refractivity (Wildman–Crippen MR) is 127 cm³/mol. The van der Waals surface area contributed by atoms with Crippen LogP contribution >= 0.6 is 0 Å². The molecule has 0 aliphatic carbocycles. The molecule has 0 aliphatic heterocycles. The fraction of sp³-hybridized carbons (Fsp3) is 0.280. The Hall–Kier alpha value is -4.34. The SMILES string of the molecule is CCOC(=O)c1cnn(-c2ccc(C(=O)NC(c3nc(-c4cccnc4)no3)C(C)C)cc2)c1C. The van der Waals surface area contributed by atoms with Gasteiger partial charge in [0.15, 0.2) is 0 Å². The summed E-state index contributed by atoms with van der Waals surface area (Å²) in [4.78, 5) is 33.6. The second-order valence-corrected chi connectivity index (χ2v) is 8.22. The lowest BCUT2D eigenvalue weighted by Crippen LogP contribution is -2.32. The third-order valence-corrected chi connectivity index (χ3v) is 5.46. The summed E-state index contributed by atoms with van der Waals surface area (Å²) in [5.41, 5.74) is 2.96. The number of nitrogens with zero attached hydrogens (tertiary/aromatic N) is 5. The lowest BCUT2D eigenvalue weighted by Gasteiger charge is -2.18. The number of esters is 1. The first kappa shape index (κ1) is 23.8. The highest BCUT2D eigenvalue weighted by atomic mass is 16.5. The van der Waals surface area contributed by atoms with Crippen molar-refractivity contribution in [3.63, 3.8) is 0 Å². The molecule has 0 spiro atoms. The van der Waals surface area contributed by atoms with Gasteiger partial charge in [-0.2, -0.15) is 10.1 Å². The van der Waals surface area contributed by atoms with Crippen molar-refractivity contribution in [3.05, 3.63) is 77.7 Å². The first-order valence-corrected chi connectivity index (χ1v) is 11.3. The Bertz CT molecular complexity index is 1310. The molecule has 35 heavy (non-hydrogen) atoms. The Morgan fingerprint density at radius 3 is 2.57 bits per heavy atom. The van der Waals surface area contributed by atoms with E-state index >= 15 is 0 Å². The minimum atomic E-state index is -0.472. The molecular formula is C25H26N6O4. The van der Waals surface area contributed by atoms with E-state index in [-0.39, 0.29) is 11.8 Å². The van der Waals surface area contributed by atoms with E-state index in [2.05, 4.69) is 25.5 Å². The number of hydrogen-bond acceptors (Lipinski definition) is 8. The van der Waals surface area contributed by atoms with Crippen LogP contribution in [0.4, 0.5) is 0 Å². The number of carbonyl (C=O) groups is 2. The highest BCUT2D eigenvalue weighted by Gasteiger charge is 2.25. The summed E-state index contributed by atoms with van der Waals surface area (Å²) in [6.45, 7) is 7.76. The predicted octanol–water partition coefficient (Wildman–Crippen LogP) is 3.93. The largest absolute Gasteiger partial charge is 0.462 e. The summed E-state index contributed by atoms with van der Waals surface area (Å²) >= 11 is 0. The van der Waals surface area contributed by atoms with E-state index in [4.69, 9.17) is 9.26 Å². The first-order valence-electron chi connectivity index (χ1n) is 11.3. The minimum absolute atomic E-state index is 0.00782. The molecule has 4 aromatic rings. The van der Waals surface area contributed by atoms with Crippen LogP contribution in [0.15, 0.2) is 59.5 Å². The molecule has 0 fully saturated rings. The maximum Gasteiger partial charge on any atom is 0.341 e. The first-order chi connectivity index (χ1) is 16.9. The van der Waals surface area contributed by atoms with E-state index in [1.165, 1.54) is 6.20 Å². The molecule has 10 nitrogen and oxygen atoms in total. The number of ether oxygens (including phenoxy) is 1. The Kier molecular flexibility index (Phi) is 7.00. The summed E-state index contributed by atoms with van der Waals surface area (Å²) in [5, 5.41) is 11.3. The smallest absolute Gasteiger partial charge is 0.341 e. The van der Waals surface area contributed by atoms with Crippen molar-refractivity contribution in [2.24, 2.45) is 5.92 Å². The molecule has 1 N–H and O–H groups in total. The summed E-state index contributed by atoms with van der Waals surface area (Å²) in [5.74, 6) is 0.0468. The van der Waals surface area contributed by atoms with Gasteiger partial charge in [-0.3, -0.25) is 9.78 Å². The molecule has 0 saturated heterocycles. The second kappa shape index (κ2) is 10.3. The van der Waals surface area contributed by atoms with Crippen LogP contribution in [-0.2, 0) is 4.74 Å². The molecule has 10 heteroatoms. The molecule has 0 radical (unpaired) electrons. The Labute approximate surface area is 202 Å². The lowest BCUT2D eigenvalue weighted by atomic mass is 10.0. The van der Waals surface area contributed by atoms with Crippen LogP contribution < -0.4 is 5.32 Å². The van der Waals surface area contributed by atoms with E-state index < -0.39 is 12.0 Å². The van der Waals surface area contributed by atoms with Gasteiger partial charge in [-0.15, -0.1) is 0 Å². The summed E-state index contributed by atoms with van der Waals surface area (Å²) in [6, 6.07) is 10.1. The molecule has 3 aromatic heterocycles. The number of benzene rings is 1. The average molecular weight is 475 g/mol. The zero-order valence-electron chi connectivity index (χ0n) is 19.9. The van der Waals surface area contributed by atoms with Crippen LogP contribution in [0.25, 0.3) is 17.1 Å². The Morgan fingerprint density at radius 2 is 1.91 bits per heavy atom. The number of nitrogens with one attached hydrogen (secondary N) is 1. The Morgan fingerprint density at radius 1 is 1.14 bits per heavy atom. The van der Waals surface area contributed by atoms with Gasteiger partial charge in [0, 0.05) is 23.5 Å². The van der Waals surface area contributed by atoms with Crippen molar-refractivity contribution >= 4 is 11.9 Å². The maximum absolute atomic E-state index is 13.0. The number of pyridine rings is 1. The number of rotatable bonds is 8. The second-order valence-electron chi connectivity index (χ2n) is 8.22. The summed E-state index contributed by atoms with van der Waals surface area (Å²) in [6.07, 6.45) is 4.79. The lowest BCUT2D eigenvalue weighted by molar-refractivity contribution is 0.0525. The molecule has 1 aromatic carbocycles. The molecule has 1 amide bonds. The molecule has 1 unspecified atom stereocenters. The zero-order valence-corrected chi connectivity index (χ0v) is 19.9. The van der Waals surface area contributed by atoms with Gasteiger partial charge >= 0.3 is 5.97 Å². The molecule has 0 saturated carbocycles. The zero-order chi connectivity index (χ0) is 24.9.